The van der Waals surface area contributed by atoms with Crippen LogP contribution in [-0.2, 0) is 0 Å². The fraction of sp³-hybridized carbons (Fsp3) is 0. The fourth-order valence-electron chi connectivity index (χ4n) is 0.882. The van der Waals surface area contributed by atoms with Crippen molar-refractivity contribution in [1.29, 1.82) is 0 Å². The molecule has 2 heterocycles. The van der Waals surface area contributed by atoms with E-state index in [4.69, 9.17) is 4.42 Å². The van der Waals surface area contributed by atoms with Gasteiger partial charge in [-0.2, -0.15) is 0 Å². The van der Waals surface area contributed by atoms with Crippen molar-refractivity contribution in [3.63, 3.8) is 0 Å². The van der Waals surface area contributed by atoms with Gasteiger partial charge in [0.1, 0.15) is 5.76 Å². The van der Waals surface area contributed by atoms with E-state index >= 15 is 0 Å². The molecule has 0 atom stereocenters. The molecule has 0 aliphatic carbocycles. The molecule has 0 radical (unpaired) electrons. The zero-order valence-corrected chi connectivity index (χ0v) is 7.98. The van der Waals surface area contributed by atoms with E-state index in [-0.39, 0.29) is 0 Å². The molecular weight excluding hydrogens is 224 g/mol. The Morgan fingerprint density at radius 3 is 2.91 bits per heavy atom. The van der Waals surface area contributed by atoms with Gasteiger partial charge in [0.15, 0.2) is 0 Å². The lowest BCUT2D eigenvalue weighted by molar-refractivity contribution is 0.582. The highest BCUT2D eigenvalue weighted by Gasteiger charge is 2.01. The van der Waals surface area contributed by atoms with E-state index in [2.05, 4.69) is 21.3 Å². The van der Waals surface area contributed by atoms with Crippen LogP contribution >= 0.6 is 27.3 Å². The molecule has 0 saturated heterocycles. The maximum Gasteiger partial charge on any atom is 0.134 e. The molecule has 3 heteroatoms. The molecule has 1 nitrogen and oxygen atoms in total. The van der Waals surface area contributed by atoms with Gasteiger partial charge in [-0.3, -0.25) is 0 Å². The predicted molar refractivity (Wildman–Crippen MR) is 49.7 cm³/mol. The molecule has 0 aliphatic rings. The largest absolute Gasteiger partial charge is 0.464 e. The Kier molecular flexibility index (Phi) is 1.84. The number of hydrogen-bond donors (Lipinski definition) is 0. The Balaban J connectivity index is 2.45. The van der Waals surface area contributed by atoms with Gasteiger partial charge in [-0.15, -0.1) is 11.3 Å². The van der Waals surface area contributed by atoms with E-state index in [0.717, 1.165) is 15.1 Å². The van der Waals surface area contributed by atoms with Gasteiger partial charge in [0.25, 0.3) is 0 Å². The zero-order chi connectivity index (χ0) is 7.68. The summed E-state index contributed by atoms with van der Waals surface area (Å²) >= 11 is 5.05. The highest BCUT2D eigenvalue weighted by Crippen LogP contribution is 2.28. The summed E-state index contributed by atoms with van der Waals surface area (Å²) in [4.78, 5) is 0. The van der Waals surface area contributed by atoms with Crippen LogP contribution in [0.25, 0.3) is 11.3 Å². The van der Waals surface area contributed by atoms with Crippen LogP contribution in [0.2, 0.25) is 0 Å². The molecule has 0 unspecified atom stereocenters. The van der Waals surface area contributed by atoms with Crippen molar-refractivity contribution in [3.8, 4) is 11.3 Å². The van der Waals surface area contributed by atoms with E-state index in [9.17, 15) is 0 Å². The van der Waals surface area contributed by atoms with Gasteiger partial charge in [-0.1, -0.05) is 0 Å². The summed E-state index contributed by atoms with van der Waals surface area (Å²) < 4.78 is 6.35. The first-order valence-corrected chi connectivity index (χ1v) is 4.81. The van der Waals surface area contributed by atoms with Crippen molar-refractivity contribution >= 4 is 27.3 Å². The van der Waals surface area contributed by atoms with Crippen molar-refractivity contribution in [2.45, 2.75) is 0 Å². The summed E-state index contributed by atoms with van der Waals surface area (Å²) in [6, 6.07) is 5.89. The third kappa shape index (κ3) is 1.39. The standard InChI is InChI=1S/C8H5BrOS/c9-8-4-6(5-11-8)7-2-1-3-10-7/h1-5H. The van der Waals surface area contributed by atoms with Gasteiger partial charge in [-0.25, -0.2) is 0 Å². The molecule has 0 saturated carbocycles. The molecule has 2 aromatic heterocycles. The summed E-state index contributed by atoms with van der Waals surface area (Å²) in [6.45, 7) is 0. The van der Waals surface area contributed by atoms with Crippen LogP contribution in [0.1, 0.15) is 0 Å². The van der Waals surface area contributed by atoms with E-state index in [1.165, 1.54) is 0 Å². The summed E-state index contributed by atoms with van der Waals surface area (Å²) in [5.41, 5.74) is 1.13. The summed E-state index contributed by atoms with van der Waals surface area (Å²) in [7, 11) is 0. The average Bonchev–Trinajstić information content (AvgIpc) is 2.55. The van der Waals surface area contributed by atoms with Gasteiger partial charge in [0.05, 0.1) is 10.0 Å². The maximum absolute atomic E-state index is 5.22. The second-order valence-electron chi connectivity index (χ2n) is 2.12. The number of hydrogen-bond acceptors (Lipinski definition) is 2. The molecule has 0 N–H and O–H groups in total. The summed E-state index contributed by atoms with van der Waals surface area (Å²) in [5.74, 6) is 0.923. The number of rotatable bonds is 1. The van der Waals surface area contributed by atoms with Crippen molar-refractivity contribution in [2.24, 2.45) is 0 Å². The minimum Gasteiger partial charge on any atom is -0.464 e. The van der Waals surface area contributed by atoms with Crippen LogP contribution in [-0.4, -0.2) is 0 Å². The number of thiophene rings is 1. The van der Waals surface area contributed by atoms with E-state index in [0.29, 0.717) is 0 Å². The van der Waals surface area contributed by atoms with Gasteiger partial charge >= 0.3 is 0 Å². The maximum atomic E-state index is 5.22. The average molecular weight is 229 g/mol. The smallest absolute Gasteiger partial charge is 0.134 e. The third-order valence-electron chi connectivity index (χ3n) is 1.37. The Bertz CT molecular complexity index is 337. The Morgan fingerprint density at radius 1 is 1.45 bits per heavy atom. The van der Waals surface area contributed by atoms with E-state index in [1.807, 2.05) is 18.2 Å². The lowest BCUT2D eigenvalue weighted by atomic mass is 10.3. The molecule has 56 valence electrons. The second kappa shape index (κ2) is 2.83. The van der Waals surface area contributed by atoms with Crippen LogP contribution in [0.3, 0.4) is 0 Å². The molecule has 0 amide bonds. The molecule has 0 aliphatic heterocycles. The fourth-order valence-corrected chi connectivity index (χ4v) is 2.03. The van der Waals surface area contributed by atoms with Gasteiger partial charge in [0.2, 0.25) is 0 Å². The Hall–Kier alpha value is -0.540. The SMILES string of the molecule is Brc1cc(-c2ccco2)cs1. The Morgan fingerprint density at radius 2 is 2.36 bits per heavy atom. The first kappa shape index (κ1) is 7.13. The zero-order valence-electron chi connectivity index (χ0n) is 5.58. The summed E-state index contributed by atoms with van der Waals surface area (Å²) in [6.07, 6.45) is 1.68. The van der Waals surface area contributed by atoms with Crippen molar-refractivity contribution in [1.82, 2.24) is 0 Å². The molecule has 0 bridgehead atoms. The predicted octanol–water partition coefficient (Wildman–Crippen LogP) is 3.77. The number of furan rings is 1. The van der Waals surface area contributed by atoms with E-state index < -0.39 is 0 Å². The summed E-state index contributed by atoms with van der Waals surface area (Å²) in [5, 5.41) is 2.06. The van der Waals surface area contributed by atoms with Crippen LogP contribution < -0.4 is 0 Å². The molecule has 2 rings (SSSR count). The van der Waals surface area contributed by atoms with Crippen LogP contribution in [0, 0.1) is 0 Å². The van der Waals surface area contributed by atoms with Crippen molar-refractivity contribution in [2.75, 3.05) is 0 Å². The normalized spacial score (nSPS) is 10.3. The van der Waals surface area contributed by atoms with Gasteiger partial charge in [-0.05, 0) is 34.1 Å². The minimum absolute atomic E-state index is 0.923. The van der Waals surface area contributed by atoms with Crippen molar-refractivity contribution < 1.29 is 4.42 Å². The Labute approximate surface area is 76.8 Å². The molecule has 0 spiro atoms. The van der Waals surface area contributed by atoms with Crippen molar-refractivity contribution in [3.05, 3.63) is 33.6 Å². The third-order valence-corrected chi connectivity index (χ3v) is 2.88. The van der Waals surface area contributed by atoms with E-state index in [1.54, 1.807) is 17.6 Å². The number of halogens is 1. The molecule has 2 aromatic rings. The first-order chi connectivity index (χ1) is 5.36. The highest BCUT2D eigenvalue weighted by atomic mass is 79.9. The highest BCUT2D eigenvalue weighted by molar-refractivity contribution is 9.11. The minimum atomic E-state index is 0.923. The van der Waals surface area contributed by atoms with Crippen LogP contribution in [0.4, 0.5) is 0 Å². The molecule has 0 fully saturated rings. The van der Waals surface area contributed by atoms with Gasteiger partial charge < -0.3 is 4.42 Å². The molecule has 11 heavy (non-hydrogen) atoms. The molecular formula is C8H5BrOS. The lowest BCUT2D eigenvalue weighted by Crippen LogP contribution is -1.61. The quantitative estimate of drug-likeness (QED) is 0.725. The lowest BCUT2D eigenvalue weighted by Gasteiger charge is -1.85. The monoisotopic (exact) mass is 228 g/mol. The van der Waals surface area contributed by atoms with Crippen LogP contribution in [0.15, 0.2) is 38.0 Å². The van der Waals surface area contributed by atoms with Crippen LogP contribution in [0.5, 0.6) is 0 Å². The second-order valence-corrected chi connectivity index (χ2v) is 4.41. The molecule has 0 aromatic carbocycles. The first-order valence-electron chi connectivity index (χ1n) is 3.14. The van der Waals surface area contributed by atoms with Gasteiger partial charge in [0, 0.05) is 10.9 Å². The topological polar surface area (TPSA) is 13.1 Å².